The summed E-state index contributed by atoms with van der Waals surface area (Å²) in [5.41, 5.74) is 1.36. The predicted octanol–water partition coefficient (Wildman–Crippen LogP) is 4.46. The van der Waals surface area contributed by atoms with Crippen molar-refractivity contribution >= 4 is 52.0 Å². The lowest BCUT2D eigenvalue weighted by atomic mass is 10.3. The number of anilines is 1. The van der Waals surface area contributed by atoms with Crippen LogP contribution in [0.3, 0.4) is 0 Å². The van der Waals surface area contributed by atoms with E-state index in [-0.39, 0.29) is 11.7 Å². The standard InChI is InChI=1S/C15H10Cl2N4O3S/c16-11-2-1-10(6-12(11)17)18-15(22)13-5-9(8-25-13)7-20-4-3-14(19-20)21(23)24/h1-6,8H,7H2,(H,18,22). The van der Waals surface area contributed by atoms with E-state index in [9.17, 15) is 14.9 Å². The molecular formula is C15H10Cl2N4O3S. The zero-order chi connectivity index (χ0) is 18.0. The van der Waals surface area contributed by atoms with Crippen LogP contribution in [-0.2, 0) is 6.54 Å². The van der Waals surface area contributed by atoms with Gasteiger partial charge in [-0.05, 0) is 40.1 Å². The molecule has 7 nitrogen and oxygen atoms in total. The van der Waals surface area contributed by atoms with Gasteiger partial charge in [0, 0.05) is 5.69 Å². The van der Waals surface area contributed by atoms with Gasteiger partial charge in [-0.15, -0.1) is 11.3 Å². The van der Waals surface area contributed by atoms with Gasteiger partial charge in [-0.3, -0.25) is 4.79 Å². The lowest BCUT2D eigenvalue weighted by molar-refractivity contribution is -0.389. The van der Waals surface area contributed by atoms with Crippen molar-refractivity contribution in [1.82, 2.24) is 9.78 Å². The highest BCUT2D eigenvalue weighted by atomic mass is 35.5. The van der Waals surface area contributed by atoms with E-state index in [1.54, 1.807) is 29.6 Å². The minimum Gasteiger partial charge on any atom is -0.358 e. The van der Waals surface area contributed by atoms with E-state index in [1.807, 2.05) is 0 Å². The number of aromatic nitrogens is 2. The molecule has 0 aliphatic carbocycles. The number of thiophene rings is 1. The maximum atomic E-state index is 12.3. The van der Waals surface area contributed by atoms with Crippen LogP contribution in [0.4, 0.5) is 11.5 Å². The van der Waals surface area contributed by atoms with Gasteiger partial charge in [-0.25, -0.2) is 0 Å². The zero-order valence-corrected chi connectivity index (χ0v) is 14.8. The summed E-state index contributed by atoms with van der Waals surface area (Å²) >= 11 is 13.0. The van der Waals surface area contributed by atoms with Gasteiger partial charge in [0.25, 0.3) is 5.91 Å². The maximum absolute atomic E-state index is 12.3. The summed E-state index contributed by atoms with van der Waals surface area (Å²) < 4.78 is 1.45. The van der Waals surface area contributed by atoms with Gasteiger partial charge < -0.3 is 15.4 Å². The van der Waals surface area contributed by atoms with Gasteiger partial charge in [0.1, 0.15) is 0 Å². The van der Waals surface area contributed by atoms with Crippen molar-refractivity contribution in [2.24, 2.45) is 0 Å². The summed E-state index contributed by atoms with van der Waals surface area (Å²) in [7, 11) is 0. The molecule has 0 unspecified atom stereocenters. The first kappa shape index (κ1) is 17.4. The first-order valence-electron chi connectivity index (χ1n) is 6.94. The molecule has 1 aromatic carbocycles. The number of nitro groups is 1. The predicted molar refractivity (Wildman–Crippen MR) is 96.7 cm³/mol. The van der Waals surface area contributed by atoms with Crippen LogP contribution in [0.15, 0.2) is 41.9 Å². The Balaban J connectivity index is 1.68. The summed E-state index contributed by atoms with van der Waals surface area (Å²) in [5, 5.41) is 19.8. The average molecular weight is 397 g/mol. The van der Waals surface area contributed by atoms with Gasteiger partial charge >= 0.3 is 5.82 Å². The number of nitrogens with zero attached hydrogens (tertiary/aromatic N) is 3. The Hall–Kier alpha value is -2.42. The van der Waals surface area contributed by atoms with Crippen LogP contribution in [-0.4, -0.2) is 20.6 Å². The fourth-order valence-electron chi connectivity index (χ4n) is 2.07. The molecule has 0 aliphatic heterocycles. The van der Waals surface area contributed by atoms with Crippen molar-refractivity contribution < 1.29 is 9.72 Å². The Morgan fingerprint density at radius 1 is 1.28 bits per heavy atom. The van der Waals surface area contributed by atoms with Gasteiger partial charge in [0.15, 0.2) is 0 Å². The van der Waals surface area contributed by atoms with Gasteiger partial charge in [-0.2, -0.15) is 4.68 Å². The SMILES string of the molecule is O=C(Nc1ccc(Cl)c(Cl)c1)c1cc(Cn2ccc([N+](=O)[O-])n2)cs1. The van der Waals surface area contributed by atoms with Crippen molar-refractivity contribution in [1.29, 1.82) is 0 Å². The highest BCUT2D eigenvalue weighted by Gasteiger charge is 2.14. The molecule has 3 rings (SSSR count). The first-order valence-corrected chi connectivity index (χ1v) is 8.57. The van der Waals surface area contributed by atoms with E-state index in [1.165, 1.54) is 28.3 Å². The third-order valence-corrected chi connectivity index (χ3v) is 4.93. The molecule has 0 atom stereocenters. The lowest BCUT2D eigenvalue weighted by Crippen LogP contribution is -2.10. The lowest BCUT2D eigenvalue weighted by Gasteiger charge is -2.04. The summed E-state index contributed by atoms with van der Waals surface area (Å²) in [6.45, 7) is 0.338. The minimum absolute atomic E-state index is 0.215. The minimum atomic E-state index is -0.555. The van der Waals surface area contributed by atoms with E-state index in [0.29, 0.717) is 27.2 Å². The van der Waals surface area contributed by atoms with Gasteiger partial charge in [0.05, 0.1) is 38.8 Å². The fourth-order valence-corrected chi connectivity index (χ4v) is 3.16. The third-order valence-electron chi connectivity index (χ3n) is 3.21. The molecule has 1 N–H and O–H groups in total. The topological polar surface area (TPSA) is 90.1 Å². The zero-order valence-electron chi connectivity index (χ0n) is 12.5. The van der Waals surface area contributed by atoms with Gasteiger partial charge in [0.2, 0.25) is 0 Å². The molecule has 3 aromatic rings. The Morgan fingerprint density at radius 3 is 2.76 bits per heavy atom. The van der Waals surface area contributed by atoms with E-state index in [2.05, 4.69) is 10.4 Å². The number of amides is 1. The van der Waals surface area contributed by atoms with Crippen LogP contribution in [0.25, 0.3) is 0 Å². The fraction of sp³-hybridized carbons (Fsp3) is 0.0667. The second-order valence-electron chi connectivity index (χ2n) is 5.03. The molecule has 0 fully saturated rings. The van der Waals surface area contributed by atoms with Crippen LogP contribution < -0.4 is 5.32 Å². The molecule has 128 valence electrons. The van der Waals surface area contributed by atoms with Crippen molar-refractivity contribution in [2.45, 2.75) is 6.54 Å². The molecule has 0 bridgehead atoms. The van der Waals surface area contributed by atoms with E-state index in [4.69, 9.17) is 23.2 Å². The molecule has 0 saturated heterocycles. The second kappa shape index (κ2) is 7.22. The molecule has 1 amide bonds. The molecular weight excluding hydrogens is 387 g/mol. The number of halogens is 2. The normalized spacial score (nSPS) is 10.6. The number of rotatable bonds is 5. The Labute approximate surface area is 155 Å². The number of hydrogen-bond donors (Lipinski definition) is 1. The first-order chi connectivity index (χ1) is 11.9. The third kappa shape index (κ3) is 4.16. The van der Waals surface area contributed by atoms with E-state index < -0.39 is 4.92 Å². The van der Waals surface area contributed by atoms with Crippen LogP contribution in [0, 0.1) is 10.1 Å². The molecule has 25 heavy (non-hydrogen) atoms. The maximum Gasteiger partial charge on any atom is 0.389 e. The highest BCUT2D eigenvalue weighted by Crippen LogP contribution is 2.26. The molecule has 2 aromatic heterocycles. The molecule has 0 aliphatic rings. The van der Waals surface area contributed by atoms with Crippen molar-refractivity contribution in [3.63, 3.8) is 0 Å². The monoisotopic (exact) mass is 396 g/mol. The molecule has 0 spiro atoms. The Bertz CT molecular complexity index is 954. The number of nitrogens with one attached hydrogen (secondary N) is 1. The summed E-state index contributed by atoms with van der Waals surface area (Å²) in [5.74, 6) is -0.492. The van der Waals surface area contributed by atoms with Crippen LogP contribution >= 0.6 is 34.5 Å². The molecule has 0 radical (unpaired) electrons. The summed E-state index contributed by atoms with van der Waals surface area (Å²) in [6, 6.07) is 7.86. The average Bonchev–Trinajstić information content (AvgIpc) is 3.21. The number of carbonyl (C=O) groups is 1. The number of carbonyl (C=O) groups excluding carboxylic acids is 1. The number of benzene rings is 1. The second-order valence-corrected chi connectivity index (χ2v) is 6.76. The molecule has 10 heteroatoms. The Morgan fingerprint density at radius 2 is 2.08 bits per heavy atom. The van der Waals surface area contributed by atoms with E-state index >= 15 is 0 Å². The smallest absolute Gasteiger partial charge is 0.358 e. The summed E-state index contributed by atoms with van der Waals surface area (Å²) in [4.78, 5) is 22.9. The van der Waals surface area contributed by atoms with Crippen molar-refractivity contribution in [3.8, 4) is 0 Å². The van der Waals surface area contributed by atoms with Crippen LogP contribution in [0.5, 0.6) is 0 Å². The van der Waals surface area contributed by atoms with Crippen molar-refractivity contribution in [3.05, 3.63) is 72.5 Å². The molecule has 2 heterocycles. The van der Waals surface area contributed by atoms with Crippen molar-refractivity contribution in [2.75, 3.05) is 5.32 Å². The largest absolute Gasteiger partial charge is 0.389 e. The Kier molecular flexibility index (Phi) is 5.03. The van der Waals surface area contributed by atoms with Gasteiger partial charge in [-0.1, -0.05) is 23.2 Å². The highest BCUT2D eigenvalue weighted by molar-refractivity contribution is 7.12. The van der Waals surface area contributed by atoms with Crippen LogP contribution in [0.1, 0.15) is 15.2 Å². The van der Waals surface area contributed by atoms with E-state index in [0.717, 1.165) is 5.56 Å². The van der Waals surface area contributed by atoms with Crippen LogP contribution in [0.2, 0.25) is 10.0 Å². The number of hydrogen-bond acceptors (Lipinski definition) is 5. The quantitative estimate of drug-likeness (QED) is 0.508. The summed E-state index contributed by atoms with van der Waals surface area (Å²) in [6.07, 6.45) is 1.52. The molecule has 0 saturated carbocycles.